The van der Waals surface area contributed by atoms with Crippen molar-refractivity contribution in [1.82, 2.24) is 14.8 Å². The van der Waals surface area contributed by atoms with E-state index in [2.05, 4.69) is 57.8 Å². The molecular weight excluding hydrogens is 361 g/mol. The summed E-state index contributed by atoms with van der Waals surface area (Å²) in [5.41, 5.74) is 1.10. The first-order chi connectivity index (χ1) is 9.79. The summed E-state index contributed by atoms with van der Waals surface area (Å²) in [4.78, 5) is 4.40. The minimum Gasteiger partial charge on any atom is -0.252 e. The molecule has 2 rings (SSSR count). The highest BCUT2D eigenvalue weighted by atomic mass is 127. The van der Waals surface area contributed by atoms with Gasteiger partial charge in [-0.2, -0.15) is 5.10 Å². The van der Waals surface area contributed by atoms with Crippen LogP contribution in [0.2, 0.25) is 0 Å². The summed E-state index contributed by atoms with van der Waals surface area (Å²) in [7, 11) is 0. The predicted octanol–water partition coefficient (Wildman–Crippen LogP) is 4.91. The van der Waals surface area contributed by atoms with Crippen molar-refractivity contribution in [3.05, 3.63) is 34.2 Å². The Kier molecular flexibility index (Phi) is 6.50. The summed E-state index contributed by atoms with van der Waals surface area (Å²) >= 11 is 2.32. The zero-order valence-corrected chi connectivity index (χ0v) is 14.2. The first-order valence-electron chi connectivity index (χ1n) is 7.45. The molecule has 0 spiro atoms. The van der Waals surface area contributed by atoms with Crippen molar-refractivity contribution in [3.63, 3.8) is 0 Å². The highest BCUT2D eigenvalue weighted by molar-refractivity contribution is 14.1. The van der Waals surface area contributed by atoms with Gasteiger partial charge in [0.2, 0.25) is 0 Å². The van der Waals surface area contributed by atoms with Crippen molar-refractivity contribution in [1.29, 1.82) is 0 Å². The second-order valence-corrected chi connectivity index (χ2v) is 6.35. The van der Waals surface area contributed by atoms with Crippen LogP contribution in [0.4, 0.5) is 0 Å². The molecule has 0 saturated carbocycles. The van der Waals surface area contributed by atoms with Crippen LogP contribution in [0.25, 0.3) is 11.4 Å². The maximum absolute atomic E-state index is 4.56. The van der Waals surface area contributed by atoms with Crippen molar-refractivity contribution in [2.75, 3.05) is 0 Å². The van der Waals surface area contributed by atoms with E-state index in [1.54, 1.807) is 0 Å². The summed E-state index contributed by atoms with van der Waals surface area (Å²) in [5, 5.41) is 4.56. The maximum atomic E-state index is 4.56. The Hall–Kier alpha value is -0.910. The molecule has 0 radical (unpaired) electrons. The third-order valence-electron chi connectivity index (χ3n) is 3.36. The van der Waals surface area contributed by atoms with Gasteiger partial charge in [-0.15, -0.1) is 0 Å². The lowest BCUT2D eigenvalue weighted by molar-refractivity contribution is 0.527. The SMILES string of the molecule is CCCCCCCCn1cnc(-c2cccc(I)c2)n1. The maximum Gasteiger partial charge on any atom is 0.181 e. The van der Waals surface area contributed by atoms with E-state index in [9.17, 15) is 0 Å². The topological polar surface area (TPSA) is 30.7 Å². The molecule has 0 aliphatic rings. The summed E-state index contributed by atoms with van der Waals surface area (Å²) in [6, 6.07) is 8.31. The largest absolute Gasteiger partial charge is 0.252 e. The zero-order chi connectivity index (χ0) is 14.2. The molecule has 0 unspecified atom stereocenters. The molecule has 0 N–H and O–H groups in total. The van der Waals surface area contributed by atoms with Gasteiger partial charge >= 0.3 is 0 Å². The predicted molar refractivity (Wildman–Crippen MR) is 91.6 cm³/mol. The van der Waals surface area contributed by atoms with Gasteiger partial charge < -0.3 is 0 Å². The lowest BCUT2D eigenvalue weighted by atomic mass is 10.1. The standard InChI is InChI=1S/C16H22IN3/c1-2-3-4-5-6-7-11-20-13-18-16(19-20)14-9-8-10-15(17)12-14/h8-10,12-13H,2-7,11H2,1H3. The van der Waals surface area contributed by atoms with E-state index >= 15 is 0 Å². The van der Waals surface area contributed by atoms with Crippen molar-refractivity contribution in [2.24, 2.45) is 0 Å². The molecule has 108 valence electrons. The smallest absolute Gasteiger partial charge is 0.181 e. The first-order valence-corrected chi connectivity index (χ1v) is 8.53. The molecule has 2 aromatic rings. The van der Waals surface area contributed by atoms with E-state index in [1.807, 2.05) is 17.1 Å². The second kappa shape index (κ2) is 8.39. The van der Waals surface area contributed by atoms with Crippen LogP contribution in [0.3, 0.4) is 0 Å². The number of benzene rings is 1. The molecule has 0 aliphatic carbocycles. The Morgan fingerprint density at radius 1 is 1.10 bits per heavy atom. The van der Waals surface area contributed by atoms with Gasteiger partial charge in [0.15, 0.2) is 5.82 Å². The molecule has 0 amide bonds. The molecular formula is C16H22IN3. The Morgan fingerprint density at radius 2 is 1.90 bits per heavy atom. The average Bonchev–Trinajstić information content (AvgIpc) is 2.91. The van der Waals surface area contributed by atoms with E-state index in [-0.39, 0.29) is 0 Å². The Morgan fingerprint density at radius 3 is 2.70 bits per heavy atom. The number of hydrogen-bond donors (Lipinski definition) is 0. The van der Waals surface area contributed by atoms with Crippen LogP contribution in [0.5, 0.6) is 0 Å². The molecule has 0 saturated heterocycles. The first kappa shape index (κ1) is 15.5. The van der Waals surface area contributed by atoms with Gasteiger partial charge in [-0.1, -0.05) is 51.2 Å². The molecule has 3 nitrogen and oxygen atoms in total. The number of aryl methyl sites for hydroxylation is 1. The van der Waals surface area contributed by atoms with Gasteiger partial charge in [0.05, 0.1) is 0 Å². The Balaban J connectivity index is 1.80. The molecule has 1 heterocycles. The molecule has 0 atom stereocenters. The molecule has 1 aromatic carbocycles. The summed E-state index contributed by atoms with van der Waals surface area (Å²) in [5.74, 6) is 0.828. The van der Waals surface area contributed by atoms with Crippen LogP contribution >= 0.6 is 22.6 Å². The fraction of sp³-hybridized carbons (Fsp3) is 0.500. The van der Waals surface area contributed by atoms with Crippen LogP contribution in [0, 0.1) is 3.57 Å². The van der Waals surface area contributed by atoms with E-state index < -0.39 is 0 Å². The second-order valence-electron chi connectivity index (χ2n) is 5.11. The fourth-order valence-corrected chi connectivity index (χ4v) is 2.76. The van der Waals surface area contributed by atoms with E-state index in [0.29, 0.717) is 0 Å². The fourth-order valence-electron chi connectivity index (χ4n) is 2.22. The molecule has 0 fully saturated rings. The van der Waals surface area contributed by atoms with Gasteiger partial charge in [0.25, 0.3) is 0 Å². The molecule has 1 aromatic heterocycles. The summed E-state index contributed by atoms with van der Waals surface area (Å²) in [6.07, 6.45) is 9.70. The number of rotatable bonds is 8. The van der Waals surface area contributed by atoms with Crippen molar-refractivity contribution in [2.45, 2.75) is 52.0 Å². The Bertz CT molecular complexity index is 522. The number of aromatic nitrogens is 3. The summed E-state index contributed by atoms with van der Waals surface area (Å²) in [6.45, 7) is 3.23. The Labute approximate surface area is 134 Å². The van der Waals surface area contributed by atoms with Crippen molar-refractivity contribution < 1.29 is 0 Å². The highest BCUT2D eigenvalue weighted by Gasteiger charge is 2.04. The zero-order valence-electron chi connectivity index (χ0n) is 12.1. The lowest BCUT2D eigenvalue weighted by Crippen LogP contribution is -1.98. The third-order valence-corrected chi connectivity index (χ3v) is 4.03. The minimum absolute atomic E-state index is 0.828. The van der Waals surface area contributed by atoms with E-state index in [1.165, 1.54) is 42.1 Å². The van der Waals surface area contributed by atoms with E-state index in [0.717, 1.165) is 17.9 Å². The van der Waals surface area contributed by atoms with Crippen LogP contribution < -0.4 is 0 Å². The number of nitrogens with zero attached hydrogens (tertiary/aromatic N) is 3. The van der Waals surface area contributed by atoms with Crippen LogP contribution in [-0.4, -0.2) is 14.8 Å². The summed E-state index contributed by atoms with van der Waals surface area (Å²) < 4.78 is 3.18. The van der Waals surface area contributed by atoms with Crippen LogP contribution in [-0.2, 0) is 6.54 Å². The highest BCUT2D eigenvalue weighted by Crippen LogP contribution is 2.17. The van der Waals surface area contributed by atoms with E-state index in [4.69, 9.17) is 0 Å². The molecule has 0 bridgehead atoms. The van der Waals surface area contributed by atoms with Crippen LogP contribution in [0.15, 0.2) is 30.6 Å². The van der Waals surface area contributed by atoms with Crippen molar-refractivity contribution >= 4 is 22.6 Å². The molecule has 20 heavy (non-hydrogen) atoms. The van der Waals surface area contributed by atoms with Gasteiger partial charge in [-0.25, -0.2) is 4.98 Å². The van der Waals surface area contributed by atoms with Crippen molar-refractivity contribution in [3.8, 4) is 11.4 Å². The quantitative estimate of drug-likeness (QED) is 0.479. The molecule has 4 heteroatoms. The molecule has 0 aliphatic heterocycles. The van der Waals surface area contributed by atoms with Gasteiger partial charge in [0, 0.05) is 15.7 Å². The third kappa shape index (κ3) is 4.89. The van der Waals surface area contributed by atoms with Gasteiger partial charge in [-0.05, 0) is 41.1 Å². The average molecular weight is 383 g/mol. The van der Waals surface area contributed by atoms with Gasteiger partial charge in [-0.3, -0.25) is 4.68 Å². The number of hydrogen-bond acceptors (Lipinski definition) is 2. The number of unbranched alkanes of at least 4 members (excludes halogenated alkanes) is 5. The minimum atomic E-state index is 0.828. The monoisotopic (exact) mass is 383 g/mol. The number of halogens is 1. The van der Waals surface area contributed by atoms with Crippen LogP contribution in [0.1, 0.15) is 45.4 Å². The lowest BCUT2D eigenvalue weighted by Gasteiger charge is -2.01. The normalized spacial score (nSPS) is 10.9. The van der Waals surface area contributed by atoms with Gasteiger partial charge in [0.1, 0.15) is 6.33 Å².